The fraction of sp³-hybridized carbons (Fsp3) is 0.0588. The van der Waals surface area contributed by atoms with E-state index in [4.69, 9.17) is 0 Å². The van der Waals surface area contributed by atoms with Gasteiger partial charge in [0.1, 0.15) is 5.75 Å². The number of hydrogen-bond donors (Lipinski definition) is 2. The number of phenols is 1. The van der Waals surface area contributed by atoms with Gasteiger partial charge >= 0.3 is 0 Å². The molecule has 0 amide bonds. The van der Waals surface area contributed by atoms with Crippen molar-refractivity contribution >= 4 is 38.6 Å². The third kappa shape index (κ3) is 3.97. The van der Waals surface area contributed by atoms with Gasteiger partial charge < -0.3 is 5.11 Å². The van der Waals surface area contributed by atoms with Gasteiger partial charge in [0.2, 0.25) is 5.13 Å². The largest absolute Gasteiger partial charge is 0.507 e. The van der Waals surface area contributed by atoms with Gasteiger partial charge in [0.05, 0.1) is 11.9 Å². The van der Waals surface area contributed by atoms with E-state index in [0.717, 1.165) is 15.7 Å². The maximum absolute atomic E-state index is 9.75. The van der Waals surface area contributed by atoms with E-state index in [0.29, 0.717) is 10.7 Å². The number of nitrogens with zero attached hydrogens (tertiary/aromatic N) is 2. The molecule has 0 bridgehead atoms. The van der Waals surface area contributed by atoms with Crippen molar-refractivity contribution in [2.45, 2.75) is 6.92 Å². The highest BCUT2D eigenvalue weighted by atomic mass is 79.9. The minimum absolute atomic E-state index is 0.179. The van der Waals surface area contributed by atoms with E-state index in [-0.39, 0.29) is 5.75 Å². The Balaban J connectivity index is 1.71. The van der Waals surface area contributed by atoms with E-state index in [2.05, 4.69) is 62.6 Å². The number of aromatic hydroxyl groups is 1. The summed E-state index contributed by atoms with van der Waals surface area (Å²) in [6.07, 6.45) is 1.56. The second-order valence-electron chi connectivity index (χ2n) is 4.98. The number of anilines is 1. The molecule has 0 saturated heterocycles. The second-order valence-corrected chi connectivity index (χ2v) is 6.75. The highest BCUT2D eigenvalue weighted by molar-refractivity contribution is 9.10. The molecule has 23 heavy (non-hydrogen) atoms. The molecule has 116 valence electrons. The van der Waals surface area contributed by atoms with Gasteiger partial charge in [0, 0.05) is 21.0 Å². The lowest BCUT2D eigenvalue weighted by Gasteiger charge is -1.99. The molecule has 2 N–H and O–H groups in total. The van der Waals surface area contributed by atoms with Gasteiger partial charge in [-0.05, 0) is 25.1 Å². The molecule has 0 fully saturated rings. The smallest absolute Gasteiger partial charge is 0.203 e. The summed E-state index contributed by atoms with van der Waals surface area (Å²) in [5.74, 6) is 0.179. The molecule has 4 nitrogen and oxygen atoms in total. The molecule has 3 aromatic rings. The van der Waals surface area contributed by atoms with Crippen molar-refractivity contribution in [2.24, 2.45) is 5.10 Å². The first-order valence-electron chi connectivity index (χ1n) is 6.92. The van der Waals surface area contributed by atoms with Crippen LogP contribution in [0.15, 0.2) is 57.4 Å². The van der Waals surface area contributed by atoms with Crippen LogP contribution in [0.3, 0.4) is 0 Å². The number of halogens is 1. The van der Waals surface area contributed by atoms with E-state index in [9.17, 15) is 5.11 Å². The summed E-state index contributed by atoms with van der Waals surface area (Å²) < 4.78 is 0.882. The number of nitrogens with one attached hydrogen (secondary N) is 1. The van der Waals surface area contributed by atoms with Gasteiger partial charge in [-0.15, -0.1) is 11.3 Å². The van der Waals surface area contributed by atoms with Gasteiger partial charge in [-0.3, -0.25) is 5.43 Å². The van der Waals surface area contributed by atoms with Crippen molar-refractivity contribution in [1.82, 2.24) is 4.98 Å². The summed E-state index contributed by atoms with van der Waals surface area (Å²) in [6.45, 7) is 2.06. The molecule has 2 aromatic carbocycles. The Hall–Kier alpha value is -2.18. The van der Waals surface area contributed by atoms with Crippen LogP contribution >= 0.6 is 27.3 Å². The van der Waals surface area contributed by atoms with Crippen LogP contribution in [-0.2, 0) is 0 Å². The minimum Gasteiger partial charge on any atom is -0.507 e. The summed E-state index contributed by atoms with van der Waals surface area (Å²) in [5, 5.41) is 16.6. The van der Waals surface area contributed by atoms with E-state index < -0.39 is 0 Å². The Morgan fingerprint density at radius 2 is 2.00 bits per heavy atom. The fourth-order valence-electron chi connectivity index (χ4n) is 1.97. The van der Waals surface area contributed by atoms with Crippen molar-refractivity contribution < 1.29 is 5.11 Å². The molecule has 1 aromatic heterocycles. The first-order chi connectivity index (χ1) is 11.1. The first-order valence-corrected chi connectivity index (χ1v) is 8.59. The summed E-state index contributed by atoms with van der Waals surface area (Å²) in [6, 6.07) is 13.4. The molecule has 0 radical (unpaired) electrons. The summed E-state index contributed by atoms with van der Waals surface area (Å²) in [5.41, 5.74) is 6.73. The van der Waals surface area contributed by atoms with Crippen molar-refractivity contribution in [1.29, 1.82) is 0 Å². The molecule has 3 rings (SSSR count). The second kappa shape index (κ2) is 6.93. The molecular formula is C17H14BrN3OS. The van der Waals surface area contributed by atoms with Crippen molar-refractivity contribution in [2.75, 3.05) is 5.43 Å². The lowest BCUT2D eigenvalue weighted by Crippen LogP contribution is -1.91. The van der Waals surface area contributed by atoms with Crippen LogP contribution in [-0.4, -0.2) is 16.3 Å². The number of thiazole rings is 1. The molecule has 0 unspecified atom stereocenters. The average Bonchev–Trinajstić information content (AvgIpc) is 3.00. The Labute approximate surface area is 146 Å². The van der Waals surface area contributed by atoms with Crippen LogP contribution < -0.4 is 5.43 Å². The quantitative estimate of drug-likeness (QED) is 0.487. The van der Waals surface area contributed by atoms with Crippen LogP contribution in [0.25, 0.3) is 11.3 Å². The van der Waals surface area contributed by atoms with Gasteiger partial charge in [-0.25, -0.2) is 4.98 Å². The molecule has 6 heteroatoms. The fourth-order valence-corrected chi connectivity index (χ4v) is 3.02. The lowest BCUT2D eigenvalue weighted by atomic mass is 10.1. The Bertz CT molecular complexity index is 843. The monoisotopic (exact) mass is 387 g/mol. The average molecular weight is 388 g/mol. The Morgan fingerprint density at radius 3 is 2.78 bits per heavy atom. The zero-order chi connectivity index (χ0) is 16.2. The Morgan fingerprint density at radius 1 is 1.22 bits per heavy atom. The summed E-state index contributed by atoms with van der Waals surface area (Å²) >= 11 is 4.85. The number of aromatic nitrogens is 1. The summed E-state index contributed by atoms with van der Waals surface area (Å²) in [7, 11) is 0. The summed E-state index contributed by atoms with van der Waals surface area (Å²) in [4.78, 5) is 4.50. The van der Waals surface area contributed by atoms with Crippen molar-refractivity contribution in [3.05, 3.63) is 63.4 Å². The number of benzene rings is 2. The highest BCUT2D eigenvalue weighted by Crippen LogP contribution is 2.25. The van der Waals surface area contributed by atoms with Gasteiger partial charge in [-0.1, -0.05) is 45.8 Å². The SMILES string of the molecule is Cc1ccc(-c2csc(NN=Cc3cc(Br)ccc3O)n2)cc1. The third-order valence-corrected chi connectivity index (χ3v) is 4.45. The van der Waals surface area contributed by atoms with E-state index in [1.54, 1.807) is 24.4 Å². The minimum atomic E-state index is 0.179. The van der Waals surface area contributed by atoms with Crippen molar-refractivity contribution in [3.63, 3.8) is 0 Å². The molecule has 0 atom stereocenters. The topological polar surface area (TPSA) is 57.5 Å². The Kier molecular flexibility index (Phi) is 4.73. The zero-order valence-electron chi connectivity index (χ0n) is 12.3. The van der Waals surface area contributed by atoms with Crippen LogP contribution in [0.4, 0.5) is 5.13 Å². The van der Waals surface area contributed by atoms with Crippen LogP contribution in [0.5, 0.6) is 5.75 Å². The standard InChI is InChI=1S/C17H14BrN3OS/c1-11-2-4-12(5-3-11)15-10-23-17(20-15)21-19-9-13-8-14(18)6-7-16(13)22/h2-10,22H,1H3,(H,20,21). The van der Waals surface area contributed by atoms with E-state index in [1.165, 1.54) is 16.9 Å². The maximum Gasteiger partial charge on any atom is 0.203 e. The van der Waals surface area contributed by atoms with E-state index in [1.807, 2.05) is 5.38 Å². The molecule has 0 aliphatic carbocycles. The third-order valence-electron chi connectivity index (χ3n) is 3.20. The molecule has 0 aliphatic rings. The zero-order valence-corrected chi connectivity index (χ0v) is 14.7. The maximum atomic E-state index is 9.75. The van der Waals surface area contributed by atoms with Crippen LogP contribution in [0.1, 0.15) is 11.1 Å². The molecular weight excluding hydrogens is 374 g/mol. The predicted molar refractivity (Wildman–Crippen MR) is 99.3 cm³/mol. The molecule has 0 aliphatic heterocycles. The van der Waals surface area contributed by atoms with Gasteiger partial charge in [0.15, 0.2) is 0 Å². The number of hydrazone groups is 1. The lowest BCUT2D eigenvalue weighted by molar-refractivity contribution is 0.474. The van der Waals surface area contributed by atoms with Gasteiger partial charge in [-0.2, -0.15) is 5.10 Å². The normalized spacial score (nSPS) is 11.0. The number of aryl methyl sites for hydroxylation is 1. The molecule has 0 spiro atoms. The van der Waals surface area contributed by atoms with Crippen molar-refractivity contribution in [3.8, 4) is 17.0 Å². The van der Waals surface area contributed by atoms with Crippen LogP contribution in [0.2, 0.25) is 0 Å². The molecule has 0 saturated carbocycles. The van der Waals surface area contributed by atoms with E-state index >= 15 is 0 Å². The highest BCUT2D eigenvalue weighted by Gasteiger charge is 2.04. The number of hydrogen-bond acceptors (Lipinski definition) is 5. The number of rotatable bonds is 4. The van der Waals surface area contributed by atoms with Crippen LogP contribution in [0, 0.1) is 6.92 Å². The van der Waals surface area contributed by atoms with Gasteiger partial charge in [0.25, 0.3) is 0 Å². The predicted octanol–water partition coefficient (Wildman–Crippen LogP) is 5.03. The number of phenolic OH excluding ortho intramolecular Hbond substituents is 1. The molecule has 1 heterocycles. The first kappa shape index (κ1) is 15.7.